The predicted octanol–water partition coefficient (Wildman–Crippen LogP) is 4.28. The van der Waals surface area contributed by atoms with E-state index >= 15 is 0 Å². The lowest BCUT2D eigenvalue weighted by Crippen LogP contribution is -2.64. The van der Waals surface area contributed by atoms with Crippen molar-refractivity contribution < 1.29 is 9.53 Å². The molecule has 0 bridgehead atoms. The topological polar surface area (TPSA) is 75.9 Å². The summed E-state index contributed by atoms with van der Waals surface area (Å²) in [5.74, 6) is 1.50. The average molecular weight is 455 g/mol. The summed E-state index contributed by atoms with van der Waals surface area (Å²) in [5.41, 5.74) is 1.22. The Morgan fingerprint density at radius 2 is 1.97 bits per heavy atom. The Labute approximate surface area is 192 Å². The number of anilines is 1. The lowest BCUT2D eigenvalue weighted by molar-refractivity contribution is -0.0391. The number of hydrogen-bond acceptors (Lipinski definition) is 6. The zero-order valence-corrected chi connectivity index (χ0v) is 19.3. The van der Waals surface area contributed by atoms with Crippen LogP contribution in [0.1, 0.15) is 33.6 Å². The summed E-state index contributed by atoms with van der Waals surface area (Å²) in [6, 6.07) is 5.64. The van der Waals surface area contributed by atoms with E-state index in [-0.39, 0.29) is 11.5 Å². The highest BCUT2D eigenvalue weighted by atomic mass is 35.5. The molecule has 3 aromatic heterocycles. The van der Waals surface area contributed by atoms with E-state index in [9.17, 15) is 4.79 Å². The number of nitrogens with zero attached hydrogens (tertiary/aromatic N) is 6. The van der Waals surface area contributed by atoms with Crippen LogP contribution in [0.4, 0.5) is 10.6 Å². The van der Waals surface area contributed by atoms with Crippen LogP contribution in [0.3, 0.4) is 0 Å². The quantitative estimate of drug-likeness (QED) is 0.575. The van der Waals surface area contributed by atoms with E-state index in [0.29, 0.717) is 10.8 Å². The van der Waals surface area contributed by atoms with E-state index in [1.54, 1.807) is 12.4 Å². The molecule has 168 valence electrons. The molecule has 3 aromatic rings. The summed E-state index contributed by atoms with van der Waals surface area (Å²) >= 11 is 6.18. The molecule has 0 atom stereocenters. The summed E-state index contributed by atoms with van der Waals surface area (Å²) in [6.07, 6.45) is 7.32. The van der Waals surface area contributed by atoms with E-state index in [1.165, 1.54) is 0 Å². The first-order chi connectivity index (χ1) is 15.2. The lowest BCUT2D eigenvalue weighted by atomic mass is 9.73. The van der Waals surface area contributed by atoms with Crippen LogP contribution in [0.15, 0.2) is 36.8 Å². The van der Waals surface area contributed by atoms with Gasteiger partial charge in [0.2, 0.25) is 0 Å². The van der Waals surface area contributed by atoms with Crippen molar-refractivity contribution in [3.05, 3.63) is 41.8 Å². The number of aromatic nitrogens is 4. The van der Waals surface area contributed by atoms with Crippen LogP contribution in [0, 0.1) is 5.41 Å². The molecule has 1 amide bonds. The predicted molar refractivity (Wildman–Crippen MR) is 123 cm³/mol. The van der Waals surface area contributed by atoms with Gasteiger partial charge >= 0.3 is 6.09 Å². The molecule has 1 spiro atoms. The standard InChI is InChI=1S/C23H27ClN6O2/c1-22(2,3)32-21(31)29-14-23(15-29)8-4-10-28(13-23)19-7-9-25-20(27-19)17-11-26-18-6-5-16(24)12-30(17)18/h5-7,9,11-12H,4,8,10,13-15H2,1-3H3. The summed E-state index contributed by atoms with van der Waals surface area (Å²) in [4.78, 5) is 30.3. The highest BCUT2D eigenvalue weighted by Crippen LogP contribution is 2.40. The molecule has 5 rings (SSSR count). The van der Waals surface area contributed by atoms with Gasteiger partial charge in [0.15, 0.2) is 5.82 Å². The maximum Gasteiger partial charge on any atom is 0.410 e. The van der Waals surface area contributed by atoms with Crippen molar-refractivity contribution in [2.45, 2.75) is 39.2 Å². The molecule has 32 heavy (non-hydrogen) atoms. The smallest absolute Gasteiger partial charge is 0.410 e. The van der Waals surface area contributed by atoms with Crippen LogP contribution >= 0.6 is 11.6 Å². The number of pyridine rings is 1. The lowest BCUT2D eigenvalue weighted by Gasteiger charge is -2.54. The summed E-state index contributed by atoms with van der Waals surface area (Å²) in [5, 5.41) is 0.630. The van der Waals surface area contributed by atoms with E-state index in [1.807, 2.05) is 54.5 Å². The van der Waals surface area contributed by atoms with Crippen LogP contribution in [-0.4, -0.2) is 62.1 Å². The van der Waals surface area contributed by atoms with E-state index in [0.717, 1.165) is 56.2 Å². The van der Waals surface area contributed by atoms with Gasteiger partial charge in [-0.1, -0.05) is 11.6 Å². The van der Waals surface area contributed by atoms with Crippen LogP contribution < -0.4 is 4.90 Å². The van der Waals surface area contributed by atoms with Gasteiger partial charge in [-0.25, -0.2) is 19.7 Å². The van der Waals surface area contributed by atoms with Gasteiger partial charge < -0.3 is 14.5 Å². The maximum atomic E-state index is 12.4. The van der Waals surface area contributed by atoms with Crippen molar-refractivity contribution in [3.63, 3.8) is 0 Å². The number of fused-ring (bicyclic) bond motifs is 1. The number of amides is 1. The zero-order chi connectivity index (χ0) is 22.5. The highest BCUT2D eigenvalue weighted by Gasteiger charge is 2.48. The fourth-order valence-electron chi connectivity index (χ4n) is 4.65. The molecule has 2 aliphatic heterocycles. The van der Waals surface area contributed by atoms with Crippen molar-refractivity contribution in [2.24, 2.45) is 5.41 Å². The molecule has 0 aromatic carbocycles. The molecule has 9 heteroatoms. The minimum atomic E-state index is -0.474. The second-order valence-corrected chi connectivity index (χ2v) is 10.3. The molecule has 0 unspecified atom stereocenters. The molecule has 0 saturated carbocycles. The van der Waals surface area contributed by atoms with Crippen LogP contribution in [0.5, 0.6) is 0 Å². The van der Waals surface area contributed by atoms with Crippen molar-refractivity contribution in [1.29, 1.82) is 0 Å². The zero-order valence-electron chi connectivity index (χ0n) is 18.6. The molecule has 2 aliphatic rings. The third-order valence-electron chi connectivity index (χ3n) is 6.03. The Morgan fingerprint density at radius 1 is 1.16 bits per heavy atom. The maximum absolute atomic E-state index is 12.4. The van der Waals surface area contributed by atoms with Crippen molar-refractivity contribution in [3.8, 4) is 11.5 Å². The molecule has 2 saturated heterocycles. The number of likely N-dealkylation sites (tertiary alicyclic amines) is 1. The summed E-state index contributed by atoms with van der Waals surface area (Å²) in [6.45, 7) is 8.93. The second-order valence-electron chi connectivity index (χ2n) is 9.82. The Morgan fingerprint density at radius 3 is 2.75 bits per heavy atom. The first-order valence-corrected chi connectivity index (χ1v) is 11.3. The number of piperidine rings is 1. The van der Waals surface area contributed by atoms with E-state index < -0.39 is 5.60 Å². The number of halogens is 1. The Balaban J connectivity index is 1.33. The van der Waals surface area contributed by atoms with Gasteiger partial charge in [-0.2, -0.15) is 0 Å². The largest absolute Gasteiger partial charge is 0.444 e. The molecule has 8 nitrogen and oxygen atoms in total. The second kappa shape index (κ2) is 7.62. The van der Waals surface area contributed by atoms with Gasteiger partial charge in [-0.15, -0.1) is 0 Å². The van der Waals surface area contributed by atoms with Crippen molar-refractivity contribution in [2.75, 3.05) is 31.1 Å². The van der Waals surface area contributed by atoms with E-state index in [2.05, 4.69) is 14.9 Å². The number of rotatable bonds is 2. The van der Waals surface area contributed by atoms with Crippen LogP contribution in [0.2, 0.25) is 5.02 Å². The molecule has 5 heterocycles. The highest BCUT2D eigenvalue weighted by molar-refractivity contribution is 6.30. The third-order valence-corrected chi connectivity index (χ3v) is 6.25. The van der Waals surface area contributed by atoms with Gasteiger partial charge in [-0.05, 0) is 51.8 Å². The minimum Gasteiger partial charge on any atom is -0.444 e. The first kappa shape index (κ1) is 21.0. The molecule has 0 aliphatic carbocycles. The summed E-state index contributed by atoms with van der Waals surface area (Å²) in [7, 11) is 0. The minimum absolute atomic E-state index is 0.0943. The van der Waals surface area contributed by atoms with Crippen LogP contribution in [0.25, 0.3) is 17.2 Å². The third kappa shape index (κ3) is 3.99. The Kier molecular flexibility index (Phi) is 5.00. The molecule has 0 radical (unpaired) electrons. The number of imidazole rings is 1. The molecular weight excluding hydrogens is 428 g/mol. The monoisotopic (exact) mass is 454 g/mol. The van der Waals surface area contributed by atoms with Crippen LogP contribution in [-0.2, 0) is 4.74 Å². The first-order valence-electron chi connectivity index (χ1n) is 10.9. The van der Waals surface area contributed by atoms with Gasteiger partial charge in [0.1, 0.15) is 22.8 Å². The molecule has 2 fully saturated rings. The van der Waals surface area contributed by atoms with E-state index in [4.69, 9.17) is 21.3 Å². The number of hydrogen-bond donors (Lipinski definition) is 0. The normalized spacial score (nSPS) is 18.1. The summed E-state index contributed by atoms with van der Waals surface area (Å²) < 4.78 is 7.43. The Hall–Kier alpha value is -2.87. The fraction of sp³-hybridized carbons (Fsp3) is 0.478. The van der Waals surface area contributed by atoms with Gasteiger partial charge in [0, 0.05) is 44.0 Å². The number of ether oxygens (including phenoxy) is 1. The van der Waals surface area contributed by atoms with Crippen molar-refractivity contribution >= 4 is 29.2 Å². The van der Waals surface area contributed by atoms with Crippen molar-refractivity contribution in [1.82, 2.24) is 24.3 Å². The van der Waals surface area contributed by atoms with Gasteiger partial charge in [-0.3, -0.25) is 4.40 Å². The molecule has 0 N–H and O–H groups in total. The number of carbonyl (C=O) groups is 1. The van der Waals surface area contributed by atoms with Gasteiger partial charge in [0.25, 0.3) is 0 Å². The SMILES string of the molecule is CC(C)(C)OC(=O)N1CC2(CCCN(c3ccnc(-c4cnc5ccc(Cl)cn45)n3)C2)C1. The van der Waals surface area contributed by atoms with Gasteiger partial charge in [0.05, 0.1) is 11.2 Å². The fourth-order valence-corrected chi connectivity index (χ4v) is 4.81. The average Bonchev–Trinajstić information content (AvgIpc) is 3.14. The number of carbonyl (C=O) groups excluding carboxylic acids is 1. The molecular formula is C23H27ClN6O2. The Bertz CT molecular complexity index is 1160.